The zero-order valence-electron chi connectivity index (χ0n) is 15.2. The third-order valence-electron chi connectivity index (χ3n) is 3.95. The van der Waals surface area contributed by atoms with Crippen LogP contribution < -0.4 is 10.6 Å². The molecule has 0 unspecified atom stereocenters. The van der Waals surface area contributed by atoms with Gasteiger partial charge in [0.15, 0.2) is 0 Å². The molecule has 0 aliphatic heterocycles. The summed E-state index contributed by atoms with van der Waals surface area (Å²) >= 11 is 0. The average molecular weight is 391 g/mol. The first-order valence-corrected chi connectivity index (χ1v) is 8.65. The van der Waals surface area contributed by atoms with Crippen molar-refractivity contribution >= 4 is 29.3 Å². The summed E-state index contributed by atoms with van der Waals surface area (Å²) < 4.78 is 5.16. The first kappa shape index (κ1) is 19.6. The number of rotatable bonds is 7. The van der Waals surface area contributed by atoms with E-state index < -0.39 is 4.92 Å². The summed E-state index contributed by atoms with van der Waals surface area (Å²) in [6.07, 6.45) is 4.41. The Bertz CT molecular complexity index is 1020. The number of nitrogens with zero attached hydrogens (tertiary/aromatic N) is 1. The SMILES string of the molecule is O=C(/C=C/c1ccc([N+](=O)[O-])cc1)Nc1ccc(C(=O)NCc2ccco2)cc1. The molecule has 2 aromatic carbocycles. The molecule has 1 aromatic heterocycles. The van der Waals surface area contributed by atoms with E-state index in [1.807, 2.05) is 0 Å². The van der Waals surface area contributed by atoms with Crippen LogP contribution in [0.25, 0.3) is 6.08 Å². The van der Waals surface area contributed by atoms with E-state index in [-0.39, 0.29) is 24.0 Å². The molecular weight excluding hydrogens is 374 g/mol. The fourth-order valence-corrected chi connectivity index (χ4v) is 2.45. The highest BCUT2D eigenvalue weighted by atomic mass is 16.6. The number of carbonyl (C=O) groups excluding carboxylic acids is 2. The van der Waals surface area contributed by atoms with Crippen molar-refractivity contribution in [2.75, 3.05) is 5.32 Å². The van der Waals surface area contributed by atoms with Crippen LogP contribution >= 0.6 is 0 Å². The standard InChI is InChI=1S/C21H17N3O5/c25-20(12-5-15-3-10-18(11-4-15)24(27)28)23-17-8-6-16(7-9-17)21(26)22-14-19-2-1-13-29-19/h1-13H,14H2,(H,22,26)(H,23,25)/b12-5+. The molecule has 0 bridgehead atoms. The van der Waals surface area contributed by atoms with Crippen LogP contribution in [-0.4, -0.2) is 16.7 Å². The second-order valence-corrected chi connectivity index (χ2v) is 6.01. The number of nitro benzene ring substituents is 1. The number of anilines is 1. The molecule has 0 fully saturated rings. The highest BCUT2D eigenvalue weighted by molar-refractivity contribution is 6.02. The molecule has 0 spiro atoms. The molecule has 2 amide bonds. The van der Waals surface area contributed by atoms with E-state index in [1.165, 1.54) is 24.5 Å². The summed E-state index contributed by atoms with van der Waals surface area (Å²) in [7, 11) is 0. The Kier molecular flexibility index (Phi) is 6.16. The highest BCUT2D eigenvalue weighted by Crippen LogP contribution is 2.14. The van der Waals surface area contributed by atoms with Gasteiger partial charge in [-0.05, 0) is 60.2 Å². The minimum atomic E-state index is -0.485. The van der Waals surface area contributed by atoms with Crippen LogP contribution in [0.1, 0.15) is 21.7 Å². The fourth-order valence-electron chi connectivity index (χ4n) is 2.45. The van der Waals surface area contributed by atoms with Gasteiger partial charge in [0.2, 0.25) is 5.91 Å². The normalized spacial score (nSPS) is 10.6. The van der Waals surface area contributed by atoms with Gasteiger partial charge in [-0.3, -0.25) is 19.7 Å². The summed E-state index contributed by atoms with van der Waals surface area (Å²) in [6, 6.07) is 15.8. The minimum absolute atomic E-state index is 0.0140. The Balaban J connectivity index is 1.52. The first-order valence-electron chi connectivity index (χ1n) is 8.65. The monoisotopic (exact) mass is 391 g/mol. The first-order chi connectivity index (χ1) is 14.0. The molecule has 0 aliphatic carbocycles. The van der Waals surface area contributed by atoms with Crippen molar-refractivity contribution in [3.8, 4) is 0 Å². The van der Waals surface area contributed by atoms with Gasteiger partial charge in [0.05, 0.1) is 17.7 Å². The smallest absolute Gasteiger partial charge is 0.269 e. The number of hydrogen-bond donors (Lipinski definition) is 2. The quantitative estimate of drug-likeness (QED) is 0.361. The molecule has 29 heavy (non-hydrogen) atoms. The Morgan fingerprint density at radius 1 is 1.03 bits per heavy atom. The maximum Gasteiger partial charge on any atom is 0.269 e. The molecule has 146 valence electrons. The number of non-ortho nitro benzene ring substituents is 1. The third-order valence-corrected chi connectivity index (χ3v) is 3.95. The van der Waals surface area contributed by atoms with Crippen LogP contribution in [0.15, 0.2) is 77.4 Å². The van der Waals surface area contributed by atoms with Gasteiger partial charge >= 0.3 is 0 Å². The Hall–Kier alpha value is -4.20. The van der Waals surface area contributed by atoms with Crippen LogP contribution in [0.4, 0.5) is 11.4 Å². The fraction of sp³-hybridized carbons (Fsp3) is 0.0476. The number of furan rings is 1. The molecule has 8 heteroatoms. The number of nitro groups is 1. The number of nitrogens with one attached hydrogen (secondary N) is 2. The number of amides is 2. The van der Waals surface area contributed by atoms with Crippen LogP contribution in [0, 0.1) is 10.1 Å². The summed E-state index contributed by atoms with van der Waals surface area (Å²) in [5.74, 6) is 0.0396. The van der Waals surface area contributed by atoms with Crippen LogP contribution in [0.2, 0.25) is 0 Å². The second-order valence-electron chi connectivity index (χ2n) is 6.01. The molecule has 0 aliphatic rings. The van der Waals surface area contributed by atoms with Gasteiger partial charge in [-0.2, -0.15) is 0 Å². The van der Waals surface area contributed by atoms with Gasteiger partial charge in [-0.1, -0.05) is 0 Å². The maximum atomic E-state index is 12.1. The Labute approximate surface area is 166 Å². The number of benzene rings is 2. The lowest BCUT2D eigenvalue weighted by atomic mass is 10.2. The van der Waals surface area contributed by atoms with E-state index in [2.05, 4.69) is 10.6 Å². The highest BCUT2D eigenvalue weighted by Gasteiger charge is 2.07. The lowest BCUT2D eigenvalue weighted by Gasteiger charge is -2.06. The molecular formula is C21H17N3O5. The number of hydrogen-bond acceptors (Lipinski definition) is 5. The second kappa shape index (κ2) is 9.14. The van der Waals surface area contributed by atoms with Crippen molar-refractivity contribution < 1.29 is 18.9 Å². The third kappa shape index (κ3) is 5.64. The molecule has 0 saturated heterocycles. The lowest BCUT2D eigenvalue weighted by Crippen LogP contribution is -2.22. The summed E-state index contributed by atoms with van der Waals surface area (Å²) in [5, 5.41) is 16.1. The summed E-state index contributed by atoms with van der Waals surface area (Å²) in [5.41, 5.74) is 1.64. The zero-order chi connectivity index (χ0) is 20.6. The van der Waals surface area contributed by atoms with Crippen LogP contribution in [-0.2, 0) is 11.3 Å². The molecule has 8 nitrogen and oxygen atoms in total. The molecule has 0 radical (unpaired) electrons. The topological polar surface area (TPSA) is 114 Å². The molecule has 1 heterocycles. The van der Waals surface area contributed by atoms with Crippen molar-refractivity contribution in [3.63, 3.8) is 0 Å². The predicted octanol–water partition coefficient (Wildman–Crippen LogP) is 3.77. The van der Waals surface area contributed by atoms with Crippen molar-refractivity contribution in [2.45, 2.75) is 6.54 Å². The predicted molar refractivity (Wildman–Crippen MR) is 107 cm³/mol. The van der Waals surface area contributed by atoms with E-state index in [9.17, 15) is 19.7 Å². The van der Waals surface area contributed by atoms with Gasteiger partial charge in [0, 0.05) is 29.5 Å². The molecule has 3 aromatic rings. The van der Waals surface area contributed by atoms with Crippen LogP contribution in [0.5, 0.6) is 0 Å². The zero-order valence-corrected chi connectivity index (χ0v) is 15.2. The van der Waals surface area contributed by atoms with Gasteiger partial charge in [-0.15, -0.1) is 0 Å². The maximum absolute atomic E-state index is 12.1. The Morgan fingerprint density at radius 2 is 1.76 bits per heavy atom. The van der Waals surface area contributed by atoms with E-state index in [1.54, 1.807) is 54.6 Å². The van der Waals surface area contributed by atoms with Crippen LogP contribution in [0.3, 0.4) is 0 Å². The largest absolute Gasteiger partial charge is 0.467 e. The van der Waals surface area contributed by atoms with E-state index in [4.69, 9.17) is 4.42 Å². The van der Waals surface area contributed by atoms with Gasteiger partial charge in [0.1, 0.15) is 5.76 Å². The molecule has 0 atom stereocenters. The van der Waals surface area contributed by atoms with E-state index in [0.717, 1.165) is 0 Å². The van der Waals surface area contributed by atoms with Crippen molar-refractivity contribution in [2.24, 2.45) is 0 Å². The van der Waals surface area contributed by atoms with E-state index in [0.29, 0.717) is 22.6 Å². The van der Waals surface area contributed by atoms with Crippen molar-refractivity contribution in [1.82, 2.24) is 5.32 Å². The van der Waals surface area contributed by atoms with Crippen molar-refractivity contribution in [3.05, 3.63) is 100 Å². The molecule has 0 saturated carbocycles. The summed E-state index contributed by atoms with van der Waals surface area (Å²) in [4.78, 5) is 34.3. The molecule has 2 N–H and O–H groups in total. The number of carbonyl (C=O) groups is 2. The minimum Gasteiger partial charge on any atom is -0.467 e. The van der Waals surface area contributed by atoms with Gasteiger partial charge in [-0.25, -0.2) is 0 Å². The van der Waals surface area contributed by atoms with Gasteiger partial charge < -0.3 is 15.1 Å². The van der Waals surface area contributed by atoms with Crippen molar-refractivity contribution in [1.29, 1.82) is 0 Å². The average Bonchev–Trinajstić information content (AvgIpc) is 3.25. The molecule has 3 rings (SSSR count). The van der Waals surface area contributed by atoms with E-state index >= 15 is 0 Å². The van der Waals surface area contributed by atoms with Gasteiger partial charge in [0.25, 0.3) is 11.6 Å². The Morgan fingerprint density at radius 3 is 2.38 bits per heavy atom. The summed E-state index contributed by atoms with van der Waals surface area (Å²) in [6.45, 7) is 0.289. The lowest BCUT2D eigenvalue weighted by molar-refractivity contribution is -0.384.